The highest BCUT2D eigenvalue weighted by atomic mass is 127. The monoisotopic (exact) mass is 772 g/mol. The van der Waals surface area contributed by atoms with E-state index in [9.17, 15) is 14.4 Å². The van der Waals surface area contributed by atoms with Crippen molar-refractivity contribution in [1.29, 1.82) is 0 Å². The first kappa shape index (κ1) is 29.5. The molecule has 0 saturated heterocycles. The second kappa shape index (κ2) is 12.3. The summed E-state index contributed by atoms with van der Waals surface area (Å²) in [4.78, 5) is 44.1. The van der Waals surface area contributed by atoms with Gasteiger partial charge in [0.15, 0.2) is 10.6 Å². The normalized spacial score (nSPS) is 15.2. The quantitative estimate of drug-likeness (QED) is 0.196. The molecule has 1 aliphatic heterocycles. The topological polar surface area (TPSA) is 96.2 Å². The van der Waals surface area contributed by atoms with Crippen molar-refractivity contribution in [3.63, 3.8) is 0 Å². The molecule has 1 atom stereocenters. The Kier molecular flexibility index (Phi) is 9.32. The molecule has 0 unspecified atom stereocenters. The maximum atomic E-state index is 14.0. The standard InChI is InChI=1S/C28H26I2N2O6S/c1-6-36-27(35)23-15(4)31-28-32(24(23)19-9-7-8-10-21(19)37-14(2)3)26(34)22(39-28)12-17-11-18(29)13-20(30)25(17)38-16(5)33/h7-14,24H,6H2,1-5H3/b22-12-/t24-/m0/s1. The van der Waals surface area contributed by atoms with Gasteiger partial charge >= 0.3 is 11.9 Å². The zero-order valence-corrected chi connectivity index (χ0v) is 27.0. The number of allylic oxidation sites excluding steroid dienone is 1. The Morgan fingerprint density at radius 1 is 1.21 bits per heavy atom. The Hall–Kier alpha value is -2.52. The first-order valence-corrected chi connectivity index (χ1v) is 15.1. The molecule has 0 aliphatic carbocycles. The summed E-state index contributed by atoms with van der Waals surface area (Å²) in [5.74, 6) is -0.0544. The van der Waals surface area contributed by atoms with E-state index >= 15 is 0 Å². The van der Waals surface area contributed by atoms with Gasteiger partial charge in [-0.05, 0) is 97.2 Å². The SMILES string of the molecule is CCOC(=O)C1=C(C)N=c2s/c(=C\c3cc(I)cc(I)c3OC(C)=O)c(=O)n2[C@H]1c1ccccc1OC(C)C. The second-order valence-electron chi connectivity index (χ2n) is 8.91. The molecular weight excluding hydrogens is 746 g/mol. The molecule has 4 rings (SSSR count). The molecule has 1 aromatic heterocycles. The van der Waals surface area contributed by atoms with E-state index in [2.05, 4.69) is 50.2 Å². The lowest BCUT2D eigenvalue weighted by atomic mass is 9.95. The average molecular weight is 772 g/mol. The van der Waals surface area contributed by atoms with Gasteiger partial charge in [0.25, 0.3) is 5.56 Å². The number of rotatable bonds is 7. The predicted octanol–water partition coefficient (Wildman–Crippen LogP) is 4.72. The van der Waals surface area contributed by atoms with Crippen molar-refractivity contribution in [2.45, 2.75) is 46.8 Å². The Balaban J connectivity index is 2.01. The second-order valence-corrected chi connectivity index (χ2v) is 12.3. The van der Waals surface area contributed by atoms with Crippen LogP contribution < -0.4 is 24.4 Å². The first-order valence-electron chi connectivity index (χ1n) is 12.1. The number of fused-ring (bicyclic) bond motifs is 1. The van der Waals surface area contributed by atoms with E-state index in [1.807, 2.05) is 50.2 Å². The molecule has 2 heterocycles. The molecule has 0 amide bonds. The number of aromatic nitrogens is 1. The number of carbonyl (C=O) groups is 2. The molecule has 0 spiro atoms. The maximum absolute atomic E-state index is 14.0. The van der Waals surface area contributed by atoms with Gasteiger partial charge in [-0.1, -0.05) is 29.5 Å². The number of nitrogens with zero attached hydrogens (tertiary/aromatic N) is 2. The van der Waals surface area contributed by atoms with Crippen molar-refractivity contribution in [3.8, 4) is 11.5 Å². The summed E-state index contributed by atoms with van der Waals surface area (Å²) < 4.78 is 20.5. The molecular formula is C28H26I2N2O6S. The molecule has 204 valence electrons. The Bertz CT molecular complexity index is 1670. The lowest BCUT2D eigenvalue weighted by Gasteiger charge is -2.26. The minimum absolute atomic E-state index is 0.124. The van der Waals surface area contributed by atoms with E-state index in [-0.39, 0.29) is 23.8 Å². The fourth-order valence-corrected chi connectivity index (χ4v) is 7.27. The molecule has 3 aromatic rings. The summed E-state index contributed by atoms with van der Waals surface area (Å²) in [5.41, 5.74) is 1.66. The Labute approximate surface area is 256 Å². The molecule has 8 nitrogen and oxygen atoms in total. The van der Waals surface area contributed by atoms with Crippen LogP contribution in [0.15, 0.2) is 57.5 Å². The van der Waals surface area contributed by atoms with E-state index in [0.29, 0.717) is 37.7 Å². The van der Waals surface area contributed by atoms with Gasteiger partial charge in [0.1, 0.15) is 11.8 Å². The van der Waals surface area contributed by atoms with Crippen LogP contribution in [0.2, 0.25) is 0 Å². The highest BCUT2D eigenvalue weighted by molar-refractivity contribution is 14.1. The van der Waals surface area contributed by atoms with Crippen LogP contribution in [0.3, 0.4) is 0 Å². The number of hydrogen-bond donors (Lipinski definition) is 0. The average Bonchev–Trinajstić information content (AvgIpc) is 3.14. The Morgan fingerprint density at radius 2 is 1.92 bits per heavy atom. The molecule has 0 radical (unpaired) electrons. The third kappa shape index (κ3) is 6.30. The number of ether oxygens (including phenoxy) is 3. The van der Waals surface area contributed by atoms with Crippen LogP contribution in [0.25, 0.3) is 6.08 Å². The number of hydrogen-bond acceptors (Lipinski definition) is 8. The fourth-order valence-electron chi connectivity index (χ4n) is 4.23. The summed E-state index contributed by atoms with van der Waals surface area (Å²) in [7, 11) is 0. The predicted molar refractivity (Wildman–Crippen MR) is 166 cm³/mol. The molecule has 11 heteroatoms. The van der Waals surface area contributed by atoms with E-state index in [4.69, 9.17) is 14.2 Å². The lowest BCUT2D eigenvalue weighted by Crippen LogP contribution is -2.40. The minimum atomic E-state index is -0.804. The van der Waals surface area contributed by atoms with Crippen LogP contribution in [-0.4, -0.2) is 29.2 Å². The van der Waals surface area contributed by atoms with Crippen LogP contribution >= 0.6 is 56.5 Å². The number of carbonyl (C=O) groups excluding carboxylic acids is 2. The van der Waals surface area contributed by atoms with Crippen LogP contribution in [0.1, 0.15) is 51.8 Å². The number of thiazole rings is 1. The van der Waals surface area contributed by atoms with Crippen LogP contribution in [0, 0.1) is 7.14 Å². The van der Waals surface area contributed by atoms with Crippen LogP contribution in [-0.2, 0) is 14.3 Å². The van der Waals surface area contributed by atoms with Gasteiger partial charge in [-0.2, -0.15) is 0 Å². The zero-order chi connectivity index (χ0) is 28.4. The summed E-state index contributed by atoms with van der Waals surface area (Å²) in [6.07, 6.45) is 1.57. The highest BCUT2D eigenvalue weighted by Crippen LogP contribution is 2.36. The summed E-state index contributed by atoms with van der Waals surface area (Å²) in [6.45, 7) is 8.82. The summed E-state index contributed by atoms with van der Waals surface area (Å²) in [6, 6.07) is 10.3. The fraction of sp³-hybridized carbons (Fsp3) is 0.286. The molecule has 0 saturated carbocycles. The van der Waals surface area contributed by atoms with Gasteiger partial charge in [-0.3, -0.25) is 14.2 Å². The van der Waals surface area contributed by atoms with Crippen molar-refractivity contribution >= 4 is 74.5 Å². The third-order valence-electron chi connectivity index (χ3n) is 5.66. The molecule has 39 heavy (non-hydrogen) atoms. The Morgan fingerprint density at radius 3 is 2.59 bits per heavy atom. The third-order valence-corrected chi connectivity index (χ3v) is 8.07. The molecule has 0 fully saturated rings. The van der Waals surface area contributed by atoms with Crippen LogP contribution in [0.5, 0.6) is 11.5 Å². The zero-order valence-electron chi connectivity index (χ0n) is 21.9. The largest absolute Gasteiger partial charge is 0.491 e. The van der Waals surface area contributed by atoms with Gasteiger partial charge in [0, 0.05) is 21.6 Å². The van der Waals surface area contributed by atoms with Crippen molar-refractivity contribution < 1.29 is 23.8 Å². The number of esters is 2. The van der Waals surface area contributed by atoms with E-state index < -0.39 is 18.0 Å². The molecule has 1 aliphatic rings. The highest BCUT2D eigenvalue weighted by Gasteiger charge is 2.35. The van der Waals surface area contributed by atoms with Crippen molar-refractivity contribution in [1.82, 2.24) is 4.57 Å². The van der Waals surface area contributed by atoms with E-state index in [1.165, 1.54) is 22.8 Å². The molecule has 0 bridgehead atoms. The number of benzene rings is 2. The van der Waals surface area contributed by atoms with Crippen LogP contribution in [0.4, 0.5) is 0 Å². The van der Waals surface area contributed by atoms with Gasteiger partial charge in [0.2, 0.25) is 0 Å². The smallest absolute Gasteiger partial charge is 0.338 e. The van der Waals surface area contributed by atoms with Gasteiger partial charge in [-0.15, -0.1) is 0 Å². The van der Waals surface area contributed by atoms with Crippen molar-refractivity contribution in [2.24, 2.45) is 4.99 Å². The van der Waals surface area contributed by atoms with Gasteiger partial charge in [0.05, 0.1) is 32.1 Å². The van der Waals surface area contributed by atoms with Crippen molar-refractivity contribution in [2.75, 3.05) is 6.61 Å². The van der Waals surface area contributed by atoms with E-state index in [0.717, 1.165) is 7.14 Å². The summed E-state index contributed by atoms with van der Waals surface area (Å²) >= 11 is 5.48. The lowest BCUT2D eigenvalue weighted by molar-refractivity contribution is -0.139. The summed E-state index contributed by atoms with van der Waals surface area (Å²) in [5, 5.41) is 0. The van der Waals surface area contributed by atoms with Gasteiger partial charge in [-0.25, -0.2) is 9.79 Å². The maximum Gasteiger partial charge on any atom is 0.338 e. The molecule has 0 N–H and O–H groups in total. The minimum Gasteiger partial charge on any atom is -0.491 e. The van der Waals surface area contributed by atoms with Crippen molar-refractivity contribution in [3.05, 3.63) is 85.6 Å². The van der Waals surface area contributed by atoms with E-state index in [1.54, 1.807) is 19.9 Å². The first-order chi connectivity index (χ1) is 18.5. The molecule has 2 aromatic carbocycles. The number of halogens is 2. The number of para-hydroxylation sites is 1. The van der Waals surface area contributed by atoms with Gasteiger partial charge < -0.3 is 14.2 Å².